The molecule has 1 aliphatic rings. The summed E-state index contributed by atoms with van der Waals surface area (Å²) in [7, 11) is 4.16. The first kappa shape index (κ1) is 16.0. The largest absolute Gasteiger partial charge is 0.379 e. The highest BCUT2D eigenvalue weighted by atomic mass is 32.1. The monoisotopic (exact) mass is 296 g/mol. The van der Waals surface area contributed by atoms with Crippen LogP contribution in [-0.2, 0) is 4.74 Å². The van der Waals surface area contributed by atoms with Crippen molar-refractivity contribution in [3.63, 3.8) is 0 Å². The lowest BCUT2D eigenvalue weighted by atomic mass is 9.97. The van der Waals surface area contributed by atoms with Gasteiger partial charge >= 0.3 is 0 Å². The van der Waals surface area contributed by atoms with Crippen LogP contribution >= 0.6 is 11.3 Å². The minimum Gasteiger partial charge on any atom is -0.379 e. The van der Waals surface area contributed by atoms with Gasteiger partial charge in [0, 0.05) is 24.0 Å². The predicted molar refractivity (Wildman–Crippen MR) is 86.4 cm³/mol. The third-order valence-electron chi connectivity index (χ3n) is 4.01. The Morgan fingerprint density at radius 3 is 2.80 bits per heavy atom. The number of rotatable bonds is 9. The highest BCUT2D eigenvalue weighted by Gasteiger charge is 2.26. The van der Waals surface area contributed by atoms with Gasteiger partial charge in [0.25, 0.3) is 0 Å². The second kappa shape index (κ2) is 8.78. The van der Waals surface area contributed by atoms with E-state index in [9.17, 15) is 0 Å². The molecule has 2 rings (SSSR count). The SMILES string of the molecule is CN(C)CCOCCNC(c1cccs1)C1CCCC1. The fourth-order valence-corrected chi connectivity index (χ4v) is 3.79. The van der Waals surface area contributed by atoms with Gasteiger partial charge in [0.15, 0.2) is 0 Å². The summed E-state index contributed by atoms with van der Waals surface area (Å²) in [5.74, 6) is 0.815. The quantitative estimate of drug-likeness (QED) is 0.709. The molecule has 4 heteroatoms. The van der Waals surface area contributed by atoms with Crippen molar-refractivity contribution in [2.24, 2.45) is 5.92 Å². The van der Waals surface area contributed by atoms with Gasteiger partial charge in [-0.2, -0.15) is 0 Å². The first-order chi connectivity index (χ1) is 9.77. The van der Waals surface area contributed by atoms with E-state index in [2.05, 4.69) is 41.8 Å². The molecule has 1 heterocycles. The number of likely N-dealkylation sites (N-methyl/N-ethyl adjacent to an activating group) is 1. The van der Waals surface area contributed by atoms with Crippen LogP contribution in [0.2, 0.25) is 0 Å². The van der Waals surface area contributed by atoms with Crippen LogP contribution in [0, 0.1) is 5.92 Å². The zero-order valence-corrected chi connectivity index (χ0v) is 13.6. The third-order valence-corrected chi connectivity index (χ3v) is 4.97. The zero-order valence-electron chi connectivity index (χ0n) is 12.8. The van der Waals surface area contributed by atoms with Crippen LogP contribution in [0.4, 0.5) is 0 Å². The molecule has 0 aromatic carbocycles. The van der Waals surface area contributed by atoms with Gasteiger partial charge in [-0.25, -0.2) is 0 Å². The number of thiophene rings is 1. The van der Waals surface area contributed by atoms with Crippen LogP contribution in [0.15, 0.2) is 17.5 Å². The summed E-state index contributed by atoms with van der Waals surface area (Å²) in [5.41, 5.74) is 0. The zero-order chi connectivity index (χ0) is 14.2. The molecule has 20 heavy (non-hydrogen) atoms. The molecule has 3 nitrogen and oxygen atoms in total. The third kappa shape index (κ3) is 5.17. The van der Waals surface area contributed by atoms with Gasteiger partial charge in [-0.05, 0) is 44.3 Å². The fourth-order valence-electron chi connectivity index (χ4n) is 2.89. The summed E-state index contributed by atoms with van der Waals surface area (Å²) in [6, 6.07) is 4.97. The number of hydrogen-bond donors (Lipinski definition) is 1. The molecule has 1 N–H and O–H groups in total. The van der Waals surface area contributed by atoms with E-state index in [0.29, 0.717) is 6.04 Å². The Morgan fingerprint density at radius 2 is 2.15 bits per heavy atom. The normalized spacial score (nSPS) is 17.9. The van der Waals surface area contributed by atoms with Crippen LogP contribution in [0.1, 0.15) is 36.6 Å². The topological polar surface area (TPSA) is 24.5 Å². The maximum atomic E-state index is 5.67. The van der Waals surface area contributed by atoms with Crippen LogP contribution in [0.5, 0.6) is 0 Å². The van der Waals surface area contributed by atoms with Gasteiger partial charge in [0.05, 0.1) is 13.2 Å². The van der Waals surface area contributed by atoms with Gasteiger partial charge in [-0.3, -0.25) is 0 Å². The maximum Gasteiger partial charge on any atom is 0.0593 e. The highest BCUT2D eigenvalue weighted by molar-refractivity contribution is 7.10. The Balaban J connectivity index is 1.71. The van der Waals surface area contributed by atoms with Crippen molar-refractivity contribution in [3.8, 4) is 0 Å². The molecular weight excluding hydrogens is 268 g/mol. The summed E-state index contributed by atoms with van der Waals surface area (Å²) in [4.78, 5) is 3.64. The van der Waals surface area contributed by atoms with Gasteiger partial charge in [0.1, 0.15) is 0 Å². The van der Waals surface area contributed by atoms with Gasteiger partial charge in [-0.15, -0.1) is 11.3 Å². The molecule has 1 saturated carbocycles. The van der Waals surface area contributed by atoms with Crippen molar-refractivity contribution < 1.29 is 4.74 Å². The molecule has 0 spiro atoms. The van der Waals surface area contributed by atoms with E-state index in [-0.39, 0.29) is 0 Å². The Morgan fingerprint density at radius 1 is 1.35 bits per heavy atom. The van der Waals surface area contributed by atoms with E-state index in [1.165, 1.54) is 30.6 Å². The summed E-state index contributed by atoms with van der Waals surface area (Å²) in [6.07, 6.45) is 5.54. The standard InChI is InChI=1S/C16H28N2OS/c1-18(2)10-12-19-11-9-17-16(14-6-3-4-7-14)15-8-5-13-20-15/h5,8,13-14,16-17H,3-4,6-7,9-12H2,1-2H3. The number of nitrogens with zero attached hydrogens (tertiary/aromatic N) is 1. The minimum atomic E-state index is 0.537. The predicted octanol–water partition coefficient (Wildman–Crippen LogP) is 3.15. The van der Waals surface area contributed by atoms with Gasteiger partial charge in [-0.1, -0.05) is 18.9 Å². The molecule has 1 fully saturated rings. The molecule has 1 aromatic heterocycles. The Labute approximate surface area is 127 Å². The molecule has 0 aliphatic heterocycles. The van der Waals surface area contributed by atoms with Crippen LogP contribution in [0.3, 0.4) is 0 Å². The van der Waals surface area contributed by atoms with Gasteiger partial charge in [0.2, 0.25) is 0 Å². The summed E-state index contributed by atoms with van der Waals surface area (Å²) < 4.78 is 5.67. The fraction of sp³-hybridized carbons (Fsp3) is 0.750. The molecule has 1 atom stereocenters. The van der Waals surface area contributed by atoms with Crippen LogP contribution < -0.4 is 5.32 Å². The molecule has 1 aliphatic carbocycles. The smallest absolute Gasteiger partial charge is 0.0593 e. The van der Waals surface area contributed by atoms with Crippen molar-refractivity contribution in [2.45, 2.75) is 31.7 Å². The average molecular weight is 296 g/mol. The van der Waals surface area contributed by atoms with Crippen LogP contribution in [-0.4, -0.2) is 45.3 Å². The summed E-state index contributed by atoms with van der Waals surface area (Å²) in [5, 5.41) is 5.91. The summed E-state index contributed by atoms with van der Waals surface area (Å²) >= 11 is 1.88. The molecule has 0 saturated heterocycles. The first-order valence-corrected chi connectivity index (χ1v) is 8.64. The summed E-state index contributed by atoms with van der Waals surface area (Å²) in [6.45, 7) is 3.58. The van der Waals surface area contributed by atoms with E-state index in [1.807, 2.05) is 11.3 Å². The second-order valence-corrected chi connectivity index (χ2v) is 6.89. The Kier molecular flexibility index (Phi) is 7.00. The molecule has 0 bridgehead atoms. The van der Waals surface area contributed by atoms with Crippen molar-refractivity contribution in [2.75, 3.05) is 40.4 Å². The number of ether oxygens (including phenoxy) is 1. The van der Waals surface area contributed by atoms with Crippen LogP contribution in [0.25, 0.3) is 0 Å². The van der Waals surface area contributed by atoms with Gasteiger partial charge < -0.3 is 15.0 Å². The lowest BCUT2D eigenvalue weighted by Crippen LogP contribution is -2.30. The van der Waals surface area contributed by atoms with Crippen molar-refractivity contribution >= 4 is 11.3 Å². The molecular formula is C16H28N2OS. The molecule has 114 valence electrons. The Hall–Kier alpha value is -0.420. The number of nitrogens with one attached hydrogen (secondary N) is 1. The molecule has 1 unspecified atom stereocenters. The van der Waals surface area contributed by atoms with E-state index in [0.717, 1.165) is 32.2 Å². The Bertz CT molecular complexity index is 347. The van der Waals surface area contributed by atoms with E-state index < -0.39 is 0 Å². The highest BCUT2D eigenvalue weighted by Crippen LogP contribution is 2.37. The minimum absolute atomic E-state index is 0.537. The van der Waals surface area contributed by atoms with Crippen molar-refractivity contribution in [1.29, 1.82) is 0 Å². The van der Waals surface area contributed by atoms with Crippen molar-refractivity contribution in [3.05, 3.63) is 22.4 Å². The average Bonchev–Trinajstić information content (AvgIpc) is 3.10. The second-order valence-electron chi connectivity index (χ2n) is 5.91. The molecule has 0 amide bonds. The lowest BCUT2D eigenvalue weighted by molar-refractivity contribution is 0.116. The lowest BCUT2D eigenvalue weighted by Gasteiger charge is -2.24. The van der Waals surface area contributed by atoms with Crippen molar-refractivity contribution in [1.82, 2.24) is 10.2 Å². The molecule has 1 aromatic rings. The number of hydrogen-bond acceptors (Lipinski definition) is 4. The van der Waals surface area contributed by atoms with E-state index >= 15 is 0 Å². The van der Waals surface area contributed by atoms with E-state index in [1.54, 1.807) is 0 Å². The maximum absolute atomic E-state index is 5.67. The molecule has 0 radical (unpaired) electrons. The first-order valence-electron chi connectivity index (χ1n) is 7.76. The van der Waals surface area contributed by atoms with E-state index in [4.69, 9.17) is 4.74 Å².